The second-order valence-electron chi connectivity index (χ2n) is 3.50. The van der Waals surface area contributed by atoms with Crippen molar-refractivity contribution < 1.29 is 9.13 Å². The van der Waals surface area contributed by atoms with Crippen molar-refractivity contribution in [2.24, 2.45) is 0 Å². The summed E-state index contributed by atoms with van der Waals surface area (Å²) in [6.07, 6.45) is 1.64. The molecule has 0 atom stereocenters. The van der Waals surface area contributed by atoms with Crippen LogP contribution in [0.25, 0.3) is 11.3 Å². The normalized spacial score (nSPS) is 10.1. The minimum absolute atomic E-state index is 0.221. The van der Waals surface area contributed by atoms with Crippen LogP contribution in [0.5, 0.6) is 5.75 Å². The van der Waals surface area contributed by atoms with E-state index in [4.69, 9.17) is 4.74 Å². The van der Waals surface area contributed by atoms with Gasteiger partial charge in [0.1, 0.15) is 0 Å². The Kier molecular flexibility index (Phi) is 3.23. The number of nitrogens with one attached hydrogen (secondary N) is 1. The third-order valence-electron chi connectivity index (χ3n) is 2.51. The van der Waals surface area contributed by atoms with E-state index < -0.39 is 5.82 Å². The molecule has 0 fully saturated rings. The van der Waals surface area contributed by atoms with Crippen LogP contribution in [0.3, 0.4) is 0 Å². The van der Waals surface area contributed by atoms with Gasteiger partial charge in [-0.15, -0.1) is 0 Å². The van der Waals surface area contributed by atoms with E-state index in [0.717, 1.165) is 5.69 Å². The smallest absolute Gasteiger partial charge is 0.174 e. The monoisotopic (exact) mass is 232 g/mol. The summed E-state index contributed by atoms with van der Waals surface area (Å²) >= 11 is 0. The molecule has 17 heavy (non-hydrogen) atoms. The first kappa shape index (κ1) is 11.4. The van der Waals surface area contributed by atoms with Crippen LogP contribution >= 0.6 is 0 Å². The van der Waals surface area contributed by atoms with Crippen LogP contribution in [0, 0.1) is 5.82 Å². The molecule has 1 aromatic carbocycles. The summed E-state index contributed by atoms with van der Waals surface area (Å²) in [5, 5.41) is 2.99. The molecule has 0 spiro atoms. The Morgan fingerprint density at radius 2 is 2.12 bits per heavy atom. The van der Waals surface area contributed by atoms with E-state index in [1.54, 1.807) is 37.5 Å². The van der Waals surface area contributed by atoms with Crippen molar-refractivity contribution in [3.05, 3.63) is 42.3 Å². The van der Waals surface area contributed by atoms with Gasteiger partial charge in [-0.1, -0.05) is 6.07 Å². The molecular weight excluding hydrogens is 219 g/mol. The van der Waals surface area contributed by atoms with Crippen LogP contribution in [0.2, 0.25) is 0 Å². The fourth-order valence-corrected chi connectivity index (χ4v) is 1.60. The third-order valence-corrected chi connectivity index (χ3v) is 2.51. The maximum Gasteiger partial charge on any atom is 0.174 e. The van der Waals surface area contributed by atoms with Crippen molar-refractivity contribution in [2.75, 3.05) is 19.5 Å². The molecule has 2 rings (SSSR count). The minimum Gasteiger partial charge on any atom is -0.494 e. The van der Waals surface area contributed by atoms with Crippen LogP contribution in [-0.4, -0.2) is 19.1 Å². The number of aromatic nitrogens is 1. The number of hydrogen-bond acceptors (Lipinski definition) is 3. The lowest BCUT2D eigenvalue weighted by atomic mass is 10.1. The summed E-state index contributed by atoms with van der Waals surface area (Å²) in [5.74, 6) is -0.171. The van der Waals surface area contributed by atoms with E-state index in [9.17, 15) is 4.39 Å². The van der Waals surface area contributed by atoms with Crippen LogP contribution in [0.1, 0.15) is 0 Å². The predicted molar refractivity (Wildman–Crippen MR) is 65.7 cm³/mol. The fraction of sp³-hybridized carbons (Fsp3) is 0.154. The second kappa shape index (κ2) is 4.82. The molecule has 0 bridgehead atoms. The lowest BCUT2D eigenvalue weighted by Crippen LogP contribution is -1.94. The summed E-state index contributed by atoms with van der Waals surface area (Å²) in [7, 11) is 3.25. The van der Waals surface area contributed by atoms with Crippen molar-refractivity contribution in [3.63, 3.8) is 0 Å². The highest BCUT2D eigenvalue weighted by Crippen LogP contribution is 2.28. The first-order valence-electron chi connectivity index (χ1n) is 5.23. The lowest BCUT2D eigenvalue weighted by molar-refractivity contribution is 0.387. The molecule has 0 saturated carbocycles. The molecule has 0 radical (unpaired) electrons. The highest BCUT2D eigenvalue weighted by atomic mass is 19.1. The van der Waals surface area contributed by atoms with Crippen molar-refractivity contribution in [3.8, 4) is 17.0 Å². The van der Waals surface area contributed by atoms with Gasteiger partial charge in [0, 0.05) is 24.5 Å². The van der Waals surface area contributed by atoms with E-state index in [1.807, 2.05) is 6.07 Å². The lowest BCUT2D eigenvalue weighted by Gasteiger charge is -2.08. The van der Waals surface area contributed by atoms with Gasteiger partial charge in [0.05, 0.1) is 12.8 Å². The van der Waals surface area contributed by atoms with Crippen LogP contribution in [-0.2, 0) is 0 Å². The summed E-state index contributed by atoms with van der Waals surface area (Å²) in [6, 6.07) is 8.62. The molecule has 1 N–H and O–H groups in total. The van der Waals surface area contributed by atoms with Gasteiger partial charge in [0.25, 0.3) is 0 Å². The first-order valence-corrected chi connectivity index (χ1v) is 5.23. The Bertz CT molecular complexity index is 529. The molecule has 0 saturated heterocycles. The van der Waals surface area contributed by atoms with E-state index in [-0.39, 0.29) is 5.75 Å². The largest absolute Gasteiger partial charge is 0.494 e. The molecule has 0 aliphatic carbocycles. The molecule has 1 heterocycles. The van der Waals surface area contributed by atoms with E-state index in [2.05, 4.69) is 10.3 Å². The van der Waals surface area contributed by atoms with Crippen LogP contribution in [0.4, 0.5) is 10.1 Å². The third kappa shape index (κ3) is 2.20. The van der Waals surface area contributed by atoms with Gasteiger partial charge in [0.2, 0.25) is 0 Å². The summed E-state index contributed by atoms with van der Waals surface area (Å²) in [5.41, 5.74) is 1.90. The van der Waals surface area contributed by atoms with Gasteiger partial charge >= 0.3 is 0 Å². The van der Waals surface area contributed by atoms with Gasteiger partial charge in [-0.25, -0.2) is 4.39 Å². The molecule has 88 valence electrons. The SMILES string of the molecule is CNc1ccnc(-c2cccc(OC)c2F)c1. The van der Waals surface area contributed by atoms with Crippen molar-refractivity contribution in [1.29, 1.82) is 0 Å². The quantitative estimate of drug-likeness (QED) is 0.883. The number of pyridine rings is 1. The summed E-state index contributed by atoms with van der Waals surface area (Å²) < 4.78 is 19.0. The number of methoxy groups -OCH3 is 1. The summed E-state index contributed by atoms with van der Waals surface area (Å²) in [6.45, 7) is 0. The van der Waals surface area contributed by atoms with Crippen LogP contribution in [0.15, 0.2) is 36.5 Å². The van der Waals surface area contributed by atoms with Crippen molar-refractivity contribution in [1.82, 2.24) is 4.98 Å². The molecule has 0 amide bonds. The number of rotatable bonds is 3. The number of benzene rings is 1. The van der Waals surface area contributed by atoms with Gasteiger partial charge in [-0.05, 0) is 24.3 Å². The Balaban J connectivity index is 2.52. The van der Waals surface area contributed by atoms with Crippen molar-refractivity contribution in [2.45, 2.75) is 0 Å². The average molecular weight is 232 g/mol. The van der Waals surface area contributed by atoms with E-state index >= 15 is 0 Å². The zero-order valence-electron chi connectivity index (χ0n) is 9.70. The van der Waals surface area contributed by atoms with E-state index in [0.29, 0.717) is 11.3 Å². The number of halogens is 1. The molecule has 3 nitrogen and oxygen atoms in total. The number of hydrogen-bond donors (Lipinski definition) is 1. The van der Waals surface area contributed by atoms with Gasteiger partial charge in [-0.2, -0.15) is 0 Å². The highest BCUT2D eigenvalue weighted by molar-refractivity contribution is 5.66. The average Bonchev–Trinajstić information content (AvgIpc) is 2.39. The highest BCUT2D eigenvalue weighted by Gasteiger charge is 2.11. The molecule has 0 aliphatic rings. The Morgan fingerprint density at radius 1 is 1.29 bits per heavy atom. The Labute approximate surface area is 99.3 Å². The molecule has 2 aromatic rings. The fourth-order valence-electron chi connectivity index (χ4n) is 1.60. The van der Waals surface area contributed by atoms with Crippen LogP contribution < -0.4 is 10.1 Å². The second-order valence-corrected chi connectivity index (χ2v) is 3.50. The van der Waals surface area contributed by atoms with E-state index in [1.165, 1.54) is 7.11 Å². The predicted octanol–water partition coefficient (Wildman–Crippen LogP) is 2.94. The van der Waals surface area contributed by atoms with Gasteiger partial charge in [-0.3, -0.25) is 4.98 Å². The number of nitrogens with zero attached hydrogens (tertiary/aromatic N) is 1. The standard InChI is InChI=1S/C13H13FN2O/c1-15-9-6-7-16-11(8-9)10-4-3-5-12(17-2)13(10)14/h3-8H,1-2H3,(H,15,16). The van der Waals surface area contributed by atoms with Crippen molar-refractivity contribution >= 4 is 5.69 Å². The molecule has 1 aromatic heterocycles. The topological polar surface area (TPSA) is 34.2 Å². The maximum absolute atomic E-state index is 14.0. The maximum atomic E-state index is 14.0. The zero-order chi connectivity index (χ0) is 12.3. The number of ether oxygens (including phenoxy) is 1. The van der Waals surface area contributed by atoms with Gasteiger partial charge in [0.15, 0.2) is 11.6 Å². The Morgan fingerprint density at radius 3 is 2.82 bits per heavy atom. The molecule has 0 unspecified atom stereocenters. The minimum atomic E-state index is -0.393. The molecular formula is C13H13FN2O. The zero-order valence-corrected chi connectivity index (χ0v) is 9.70. The number of anilines is 1. The Hall–Kier alpha value is -2.10. The first-order chi connectivity index (χ1) is 8.26. The summed E-state index contributed by atoms with van der Waals surface area (Å²) in [4.78, 5) is 4.16. The molecule has 4 heteroatoms. The molecule has 0 aliphatic heterocycles. The van der Waals surface area contributed by atoms with Gasteiger partial charge < -0.3 is 10.1 Å².